The van der Waals surface area contributed by atoms with Crippen molar-refractivity contribution in [2.45, 2.75) is 19.3 Å². The molecule has 1 N–H and O–H groups in total. The Kier molecular flexibility index (Phi) is 4.37. The molecule has 0 saturated carbocycles. The molecule has 0 atom stereocenters. The first-order valence-corrected chi connectivity index (χ1v) is 6.47. The lowest BCUT2D eigenvalue weighted by Crippen LogP contribution is -2.40. The third-order valence-corrected chi connectivity index (χ3v) is 3.25. The Bertz CT molecular complexity index is 507. The number of halogens is 2. The zero-order valence-electron chi connectivity index (χ0n) is 10.3. The van der Waals surface area contributed by atoms with Crippen molar-refractivity contribution in [3.63, 3.8) is 0 Å². The van der Waals surface area contributed by atoms with Gasteiger partial charge < -0.3 is 10.2 Å². The van der Waals surface area contributed by atoms with Crippen LogP contribution in [-0.2, 0) is 9.59 Å². The van der Waals surface area contributed by atoms with Crippen molar-refractivity contribution in [3.8, 4) is 0 Å². The van der Waals surface area contributed by atoms with Crippen molar-refractivity contribution in [2.24, 2.45) is 0 Å². The van der Waals surface area contributed by atoms with Crippen molar-refractivity contribution in [3.05, 3.63) is 29.0 Å². The second kappa shape index (κ2) is 6.02. The second-order valence-electron chi connectivity index (χ2n) is 4.45. The molecule has 1 aromatic rings. The standard InChI is InChI=1S/C13H14ClFN2O2/c14-10-7-9(4-5-11(10)15)16-12(18)8-17-6-2-1-3-13(17)19/h4-5,7H,1-3,6,8H2,(H,16,18). The highest BCUT2D eigenvalue weighted by molar-refractivity contribution is 6.31. The number of likely N-dealkylation sites (tertiary alicyclic amines) is 1. The summed E-state index contributed by atoms with van der Waals surface area (Å²) in [6.07, 6.45) is 2.29. The summed E-state index contributed by atoms with van der Waals surface area (Å²) in [6.45, 7) is 0.629. The Balaban J connectivity index is 1.93. The number of amides is 2. The summed E-state index contributed by atoms with van der Waals surface area (Å²) < 4.78 is 13.0. The summed E-state index contributed by atoms with van der Waals surface area (Å²) in [6, 6.07) is 3.95. The highest BCUT2D eigenvalue weighted by atomic mass is 35.5. The van der Waals surface area contributed by atoms with Gasteiger partial charge in [0.1, 0.15) is 5.82 Å². The number of carbonyl (C=O) groups excluding carboxylic acids is 2. The molecule has 4 nitrogen and oxygen atoms in total. The Morgan fingerprint density at radius 1 is 1.42 bits per heavy atom. The summed E-state index contributed by atoms with van der Waals surface area (Å²) in [5.74, 6) is -0.845. The molecular formula is C13H14ClFN2O2. The van der Waals surface area contributed by atoms with Gasteiger partial charge in [0.25, 0.3) is 0 Å². The number of hydrogen-bond acceptors (Lipinski definition) is 2. The normalized spacial score (nSPS) is 15.5. The zero-order chi connectivity index (χ0) is 13.8. The molecule has 19 heavy (non-hydrogen) atoms. The van der Waals surface area contributed by atoms with Gasteiger partial charge in [-0.1, -0.05) is 11.6 Å². The van der Waals surface area contributed by atoms with E-state index in [1.807, 2.05) is 0 Å². The highest BCUT2D eigenvalue weighted by Gasteiger charge is 2.20. The number of nitrogens with zero attached hydrogens (tertiary/aromatic N) is 1. The summed E-state index contributed by atoms with van der Waals surface area (Å²) >= 11 is 5.62. The monoisotopic (exact) mass is 284 g/mol. The van der Waals surface area contributed by atoms with Gasteiger partial charge in [-0.05, 0) is 31.0 Å². The molecule has 2 amide bonds. The molecule has 0 bridgehead atoms. The van der Waals surface area contributed by atoms with Crippen LogP contribution in [0.3, 0.4) is 0 Å². The van der Waals surface area contributed by atoms with Gasteiger partial charge in [0.05, 0.1) is 11.6 Å². The van der Waals surface area contributed by atoms with Crippen molar-refractivity contribution in [1.82, 2.24) is 4.90 Å². The fourth-order valence-electron chi connectivity index (χ4n) is 1.98. The van der Waals surface area contributed by atoms with Crippen molar-refractivity contribution in [1.29, 1.82) is 0 Å². The van der Waals surface area contributed by atoms with Gasteiger partial charge in [0.2, 0.25) is 11.8 Å². The molecule has 1 saturated heterocycles. The summed E-state index contributed by atoms with van der Waals surface area (Å²) in [5.41, 5.74) is 0.417. The molecule has 0 aliphatic carbocycles. The maximum atomic E-state index is 13.0. The van der Waals surface area contributed by atoms with E-state index in [1.54, 1.807) is 0 Å². The summed E-state index contributed by atoms with van der Waals surface area (Å²) in [7, 11) is 0. The number of carbonyl (C=O) groups is 2. The predicted molar refractivity (Wildman–Crippen MR) is 70.5 cm³/mol. The van der Waals surface area contributed by atoms with E-state index in [4.69, 9.17) is 11.6 Å². The minimum absolute atomic E-state index is 0.00135. The first kappa shape index (κ1) is 13.8. The molecule has 2 rings (SSSR count). The fraction of sp³-hybridized carbons (Fsp3) is 0.385. The van der Waals surface area contributed by atoms with Gasteiger partial charge in [-0.2, -0.15) is 0 Å². The smallest absolute Gasteiger partial charge is 0.243 e. The zero-order valence-corrected chi connectivity index (χ0v) is 11.0. The quantitative estimate of drug-likeness (QED) is 0.927. The van der Waals surface area contributed by atoms with Gasteiger partial charge in [-0.25, -0.2) is 4.39 Å². The van der Waals surface area contributed by atoms with Crippen LogP contribution >= 0.6 is 11.6 Å². The van der Waals surface area contributed by atoms with Crippen LogP contribution in [0.15, 0.2) is 18.2 Å². The number of piperidine rings is 1. The number of hydrogen-bond donors (Lipinski definition) is 1. The van der Waals surface area contributed by atoms with Crippen LogP contribution in [0.1, 0.15) is 19.3 Å². The van der Waals surface area contributed by atoms with Crippen LogP contribution in [0.2, 0.25) is 5.02 Å². The minimum atomic E-state index is -0.536. The van der Waals surface area contributed by atoms with E-state index in [2.05, 4.69) is 5.32 Å². The molecule has 0 aromatic heterocycles. The molecule has 6 heteroatoms. The maximum absolute atomic E-state index is 13.0. The Morgan fingerprint density at radius 3 is 2.89 bits per heavy atom. The van der Waals surface area contributed by atoms with Crippen LogP contribution in [0, 0.1) is 5.82 Å². The Morgan fingerprint density at radius 2 is 2.21 bits per heavy atom. The fourth-order valence-corrected chi connectivity index (χ4v) is 2.16. The lowest BCUT2D eigenvalue weighted by molar-refractivity contribution is -0.136. The molecular weight excluding hydrogens is 271 g/mol. The van der Waals surface area contributed by atoms with E-state index >= 15 is 0 Å². The molecule has 1 heterocycles. The van der Waals surface area contributed by atoms with Gasteiger partial charge in [-0.3, -0.25) is 9.59 Å². The van der Waals surface area contributed by atoms with Crippen LogP contribution in [-0.4, -0.2) is 29.8 Å². The van der Waals surface area contributed by atoms with Crippen LogP contribution in [0.4, 0.5) is 10.1 Å². The third-order valence-electron chi connectivity index (χ3n) is 2.96. The van der Waals surface area contributed by atoms with Gasteiger partial charge in [-0.15, -0.1) is 0 Å². The molecule has 0 spiro atoms. The predicted octanol–water partition coefficient (Wildman–Crippen LogP) is 2.43. The molecule has 0 unspecified atom stereocenters. The average molecular weight is 285 g/mol. The van der Waals surface area contributed by atoms with Gasteiger partial charge in [0.15, 0.2) is 0 Å². The topological polar surface area (TPSA) is 49.4 Å². The van der Waals surface area contributed by atoms with Crippen molar-refractivity contribution < 1.29 is 14.0 Å². The van der Waals surface area contributed by atoms with Crippen LogP contribution < -0.4 is 5.32 Å². The largest absolute Gasteiger partial charge is 0.333 e. The maximum Gasteiger partial charge on any atom is 0.243 e. The van der Waals surface area contributed by atoms with Crippen LogP contribution in [0.25, 0.3) is 0 Å². The SMILES string of the molecule is O=C(CN1CCCCC1=O)Nc1ccc(F)c(Cl)c1. The average Bonchev–Trinajstić information content (AvgIpc) is 2.37. The van der Waals surface area contributed by atoms with E-state index in [9.17, 15) is 14.0 Å². The highest BCUT2D eigenvalue weighted by Crippen LogP contribution is 2.19. The lowest BCUT2D eigenvalue weighted by atomic mass is 10.1. The molecule has 1 aromatic carbocycles. The molecule has 1 aliphatic rings. The molecule has 0 radical (unpaired) electrons. The van der Waals surface area contributed by atoms with E-state index in [-0.39, 0.29) is 23.4 Å². The van der Waals surface area contributed by atoms with E-state index in [1.165, 1.54) is 23.1 Å². The number of benzene rings is 1. The Hall–Kier alpha value is -1.62. The van der Waals surface area contributed by atoms with Gasteiger partial charge >= 0.3 is 0 Å². The molecule has 1 fully saturated rings. The minimum Gasteiger partial charge on any atom is -0.333 e. The number of rotatable bonds is 3. The number of anilines is 1. The molecule has 102 valence electrons. The summed E-state index contributed by atoms with van der Waals surface area (Å²) in [4.78, 5) is 24.9. The first-order chi connectivity index (χ1) is 9.06. The number of nitrogens with one attached hydrogen (secondary N) is 1. The lowest BCUT2D eigenvalue weighted by Gasteiger charge is -2.25. The van der Waals surface area contributed by atoms with Crippen molar-refractivity contribution in [2.75, 3.05) is 18.4 Å². The summed E-state index contributed by atoms with van der Waals surface area (Å²) in [5, 5.41) is 2.54. The van der Waals surface area contributed by atoms with E-state index in [0.717, 1.165) is 12.8 Å². The van der Waals surface area contributed by atoms with E-state index < -0.39 is 5.82 Å². The third kappa shape index (κ3) is 3.67. The van der Waals surface area contributed by atoms with E-state index in [0.29, 0.717) is 18.7 Å². The van der Waals surface area contributed by atoms with Gasteiger partial charge in [0, 0.05) is 18.7 Å². The second-order valence-corrected chi connectivity index (χ2v) is 4.86. The first-order valence-electron chi connectivity index (χ1n) is 6.09. The van der Waals surface area contributed by atoms with Crippen molar-refractivity contribution >= 4 is 29.1 Å². The molecule has 1 aliphatic heterocycles. The van der Waals surface area contributed by atoms with Crippen LogP contribution in [0.5, 0.6) is 0 Å². The Labute approximate surface area is 115 Å².